The Bertz CT molecular complexity index is 223. The van der Waals surface area contributed by atoms with Gasteiger partial charge in [-0.05, 0) is 42.4 Å². The Kier molecular flexibility index (Phi) is 5.01. The van der Waals surface area contributed by atoms with Gasteiger partial charge >= 0.3 is 0 Å². The second-order valence-electron chi connectivity index (χ2n) is 6.13. The molecule has 0 amide bonds. The standard InChI is InChI=1S/C15H28O/c1-6-11(3)15-8-12(4)14(13(15)5)7-10(2)9-16/h9-15H,6-8H2,1-5H3. The van der Waals surface area contributed by atoms with Crippen LogP contribution in [0.15, 0.2) is 0 Å². The molecule has 0 spiro atoms. The van der Waals surface area contributed by atoms with Crippen LogP contribution >= 0.6 is 0 Å². The van der Waals surface area contributed by atoms with Crippen LogP contribution in [0.1, 0.15) is 53.9 Å². The van der Waals surface area contributed by atoms with Gasteiger partial charge in [-0.25, -0.2) is 0 Å². The predicted molar refractivity (Wildman–Crippen MR) is 69.2 cm³/mol. The van der Waals surface area contributed by atoms with Gasteiger partial charge in [0.2, 0.25) is 0 Å². The molecule has 0 bridgehead atoms. The average molecular weight is 224 g/mol. The topological polar surface area (TPSA) is 17.1 Å². The number of hydrogen-bond donors (Lipinski definition) is 0. The maximum atomic E-state index is 10.8. The molecule has 1 aliphatic carbocycles. The molecule has 0 aromatic heterocycles. The van der Waals surface area contributed by atoms with Crippen molar-refractivity contribution in [1.29, 1.82) is 0 Å². The van der Waals surface area contributed by atoms with E-state index in [1.165, 1.54) is 12.8 Å². The fourth-order valence-corrected chi connectivity index (χ4v) is 3.64. The molecule has 0 aromatic carbocycles. The van der Waals surface area contributed by atoms with E-state index in [1.807, 2.05) is 0 Å². The molecule has 1 nitrogen and oxygen atoms in total. The van der Waals surface area contributed by atoms with Crippen LogP contribution < -0.4 is 0 Å². The third kappa shape index (κ3) is 2.87. The van der Waals surface area contributed by atoms with Crippen LogP contribution in [0.4, 0.5) is 0 Å². The van der Waals surface area contributed by atoms with E-state index in [1.54, 1.807) is 0 Å². The number of carbonyl (C=O) groups is 1. The molecular formula is C15H28O. The third-order valence-electron chi connectivity index (χ3n) is 4.98. The lowest BCUT2D eigenvalue weighted by Crippen LogP contribution is -2.20. The van der Waals surface area contributed by atoms with Gasteiger partial charge in [0.15, 0.2) is 0 Å². The van der Waals surface area contributed by atoms with E-state index < -0.39 is 0 Å². The molecule has 6 atom stereocenters. The van der Waals surface area contributed by atoms with Crippen molar-refractivity contribution >= 4 is 6.29 Å². The molecule has 6 unspecified atom stereocenters. The smallest absolute Gasteiger partial charge is 0.122 e. The number of aldehydes is 1. The molecule has 1 heteroatoms. The number of carbonyl (C=O) groups excluding carboxylic acids is 1. The summed E-state index contributed by atoms with van der Waals surface area (Å²) in [6.45, 7) is 11.5. The Morgan fingerprint density at radius 1 is 1.31 bits per heavy atom. The van der Waals surface area contributed by atoms with Gasteiger partial charge in [0.05, 0.1) is 0 Å². The van der Waals surface area contributed by atoms with Crippen molar-refractivity contribution in [3.63, 3.8) is 0 Å². The minimum Gasteiger partial charge on any atom is -0.303 e. The van der Waals surface area contributed by atoms with Crippen LogP contribution in [-0.2, 0) is 4.79 Å². The first-order chi connectivity index (χ1) is 7.51. The Hall–Kier alpha value is -0.330. The van der Waals surface area contributed by atoms with Crippen molar-refractivity contribution in [1.82, 2.24) is 0 Å². The third-order valence-corrected chi connectivity index (χ3v) is 4.98. The van der Waals surface area contributed by atoms with E-state index in [0.717, 1.165) is 42.3 Å². The van der Waals surface area contributed by atoms with Crippen molar-refractivity contribution in [2.24, 2.45) is 35.5 Å². The molecule has 1 fully saturated rings. The monoisotopic (exact) mass is 224 g/mol. The summed E-state index contributed by atoms with van der Waals surface area (Å²) in [5.41, 5.74) is 0. The predicted octanol–water partition coefficient (Wildman–Crippen LogP) is 4.17. The normalized spacial score (nSPS) is 38.3. The van der Waals surface area contributed by atoms with Gasteiger partial charge in [0.25, 0.3) is 0 Å². The van der Waals surface area contributed by atoms with Crippen molar-refractivity contribution in [2.45, 2.75) is 53.9 Å². The van der Waals surface area contributed by atoms with E-state index in [9.17, 15) is 4.79 Å². The molecule has 1 saturated carbocycles. The Balaban J connectivity index is 2.63. The highest BCUT2D eigenvalue weighted by atomic mass is 16.1. The summed E-state index contributed by atoms with van der Waals surface area (Å²) in [6.07, 6.45) is 4.87. The highest BCUT2D eigenvalue weighted by Gasteiger charge is 2.40. The van der Waals surface area contributed by atoms with E-state index >= 15 is 0 Å². The van der Waals surface area contributed by atoms with Crippen molar-refractivity contribution < 1.29 is 4.79 Å². The van der Waals surface area contributed by atoms with E-state index in [4.69, 9.17) is 0 Å². The van der Waals surface area contributed by atoms with Gasteiger partial charge < -0.3 is 4.79 Å². The number of rotatable bonds is 5. The van der Waals surface area contributed by atoms with E-state index in [0.29, 0.717) is 0 Å². The van der Waals surface area contributed by atoms with Crippen LogP contribution in [0.3, 0.4) is 0 Å². The summed E-state index contributed by atoms with van der Waals surface area (Å²) < 4.78 is 0. The molecule has 1 rings (SSSR count). The van der Waals surface area contributed by atoms with Gasteiger partial charge in [-0.2, -0.15) is 0 Å². The Morgan fingerprint density at radius 2 is 1.94 bits per heavy atom. The fourth-order valence-electron chi connectivity index (χ4n) is 3.64. The van der Waals surface area contributed by atoms with E-state index in [-0.39, 0.29) is 5.92 Å². The zero-order chi connectivity index (χ0) is 12.3. The van der Waals surface area contributed by atoms with Crippen LogP contribution in [0.5, 0.6) is 0 Å². The zero-order valence-electron chi connectivity index (χ0n) is 11.6. The molecule has 0 heterocycles. The number of hydrogen-bond acceptors (Lipinski definition) is 1. The van der Waals surface area contributed by atoms with Gasteiger partial charge in [-0.15, -0.1) is 0 Å². The molecule has 0 N–H and O–H groups in total. The largest absolute Gasteiger partial charge is 0.303 e. The second-order valence-corrected chi connectivity index (χ2v) is 6.13. The van der Waals surface area contributed by atoms with Crippen molar-refractivity contribution in [2.75, 3.05) is 0 Å². The summed E-state index contributed by atoms with van der Waals surface area (Å²) >= 11 is 0. The summed E-state index contributed by atoms with van der Waals surface area (Å²) in [5, 5.41) is 0. The molecule has 0 aromatic rings. The van der Waals surface area contributed by atoms with Crippen LogP contribution in [0, 0.1) is 35.5 Å². The maximum Gasteiger partial charge on any atom is 0.122 e. The van der Waals surface area contributed by atoms with Gasteiger partial charge in [0, 0.05) is 5.92 Å². The lowest BCUT2D eigenvalue weighted by molar-refractivity contribution is -0.111. The van der Waals surface area contributed by atoms with Crippen LogP contribution in [-0.4, -0.2) is 6.29 Å². The first kappa shape index (κ1) is 13.7. The lowest BCUT2D eigenvalue weighted by Gasteiger charge is -2.26. The van der Waals surface area contributed by atoms with Crippen molar-refractivity contribution in [3.05, 3.63) is 0 Å². The molecule has 0 saturated heterocycles. The molecular weight excluding hydrogens is 196 g/mol. The summed E-state index contributed by atoms with van der Waals surface area (Å²) in [5.74, 6) is 4.33. The highest BCUT2D eigenvalue weighted by Crippen LogP contribution is 2.47. The SMILES string of the molecule is CCC(C)C1CC(C)C(CC(C)C=O)C1C. The molecule has 16 heavy (non-hydrogen) atoms. The van der Waals surface area contributed by atoms with Crippen LogP contribution in [0.25, 0.3) is 0 Å². The summed E-state index contributed by atoms with van der Waals surface area (Å²) in [7, 11) is 0. The fraction of sp³-hybridized carbons (Fsp3) is 0.933. The molecule has 94 valence electrons. The lowest BCUT2D eigenvalue weighted by atomic mass is 9.79. The summed E-state index contributed by atoms with van der Waals surface area (Å²) in [4.78, 5) is 10.8. The van der Waals surface area contributed by atoms with Gasteiger partial charge in [-0.1, -0.05) is 41.0 Å². The van der Waals surface area contributed by atoms with Crippen molar-refractivity contribution in [3.8, 4) is 0 Å². The minimum atomic E-state index is 0.241. The summed E-state index contributed by atoms with van der Waals surface area (Å²) in [6, 6.07) is 0. The Morgan fingerprint density at radius 3 is 2.44 bits per heavy atom. The highest BCUT2D eigenvalue weighted by molar-refractivity contribution is 5.52. The first-order valence-electron chi connectivity index (χ1n) is 6.96. The van der Waals surface area contributed by atoms with E-state index in [2.05, 4.69) is 34.6 Å². The van der Waals surface area contributed by atoms with Gasteiger partial charge in [-0.3, -0.25) is 0 Å². The zero-order valence-corrected chi connectivity index (χ0v) is 11.6. The Labute approximate surface area is 101 Å². The minimum absolute atomic E-state index is 0.241. The molecule has 0 radical (unpaired) electrons. The van der Waals surface area contributed by atoms with Crippen LogP contribution in [0.2, 0.25) is 0 Å². The quantitative estimate of drug-likeness (QED) is 0.641. The molecule has 1 aliphatic rings. The average Bonchev–Trinajstić information content (AvgIpc) is 2.55. The maximum absolute atomic E-state index is 10.8. The molecule has 0 aliphatic heterocycles. The second kappa shape index (κ2) is 5.84. The first-order valence-corrected chi connectivity index (χ1v) is 6.96. The van der Waals surface area contributed by atoms with Gasteiger partial charge in [0.1, 0.15) is 6.29 Å².